The maximum absolute atomic E-state index is 9.92. The molecule has 1 fully saturated rings. The van der Waals surface area contributed by atoms with E-state index in [0.717, 1.165) is 29.7 Å². The standard InChI is InChI=1S/C22H23N7O2/c1-22(12-30)11-25-19-14(9-23)7-13(8-16(19)22)17-5-6-24-21(27-17)28-18-10-26-29(2)20(18)31-15-3-4-15/h5-8,10,15,25,30H,3-4,11-12H2,1-2H3,(H,24,27,28)/t22-/m1/s1. The molecule has 1 atom stereocenters. The highest BCUT2D eigenvalue weighted by Crippen LogP contribution is 2.41. The Morgan fingerprint density at radius 2 is 2.26 bits per heavy atom. The number of nitrogens with zero attached hydrogens (tertiary/aromatic N) is 5. The van der Waals surface area contributed by atoms with Gasteiger partial charge < -0.3 is 20.5 Å². The number of aromatic nitrogens is 4. The molecule has 2 aliphatic rings. The lowest BCUT2D eigenvalue weighted by Gasteiger charge is -2.21. The lowest BCUT2D eigenvalue weighted by molar-refractivity contribution is 0.219. The van der Waals surface area contributed by atoms with Crippen molar-refractivity contribution in [1.82, 2.24) is 19.7 Å². The van der Waals surface area contributed by atoms with Crippen LogP contribution in [0.5, 0.6) is 5.88 Å². The van der Waals surface area contributed by atoms with Crippen LogP contribution in [0.3, 0.4) is 0 Å². The Morgan fingerprint density at radius 1 is 1.42 bits per heavy atom. The highest BCUT2D eigenvalue weighted by Gasteiger charge is 2.36. The number of benzene rings is 1. The fourth-order valence-electron chi connectivity index (χ4n) is 3.76. The third-order valence-corrected chi connectivity index (χ3v) is 5.80. The minimum absolute atomic E-state index is 0.0112. The summed E-state index contributed by atoms with van der Waals surface area (Å²) in [6, 6.07) is 7.86. The predicted molar refractivity (Wildman–Crippen MR) is 115 cm³/mol. The van der Waals surface area contributed by atoms with E-state index in [2.05, 4.69) is 31.8 Å². The van der Waals surface area contributed by atoms with Gasteiger partial charge in [-0.3, -0.25) is 0 Å². The molecule has 1 aliphatic carbocycles. The average molecular weight is 417 g/mol. The van der Waals surface area contributed by atoms with Crippen LogP contribution in [0.2, 0.25) is 0 Å². The average Bonchev–Trinajstić information content (AvgIpc) is 3.47. The molecule has 0 spiro atoms. The van der Waals surface area contributed by atoms with Crippen LogP contribution in [0.25, 0.3) is 11.3 Å². The molecule has 31 heavy (non-hydrogen) atoms. The predicted octanol–water partition coefficient (Wildman–Crippen LogP) is 2.71. The summed E-state index contributed by atoms with van der Waals surface area (Å²) in [6.07, 6.45) is 5.71. The van der Waals surface area contributed by atoms with Crippen molar-refractivity contribution in [3.05, 3.63) is 41.7 Å². The van der Waals surface area contributed by atoms with E-state index in [1.165, 1.54) is 0 Å². The van der Waals surface area contributed by atoms with Crippen molar-refractivity contribution in [1.29, 1.82) is 5.26 Å². The normalized spacial score (nSPS) is 19.4. The Balaban J connectivity index is 1.49. The lowest BCUT2D eigenvalue weighted by atomic mass is 9.83. The Morgan fingerprint density at radius 3 is 3.00 bits per heavy atom. The quantitative estimate of drug-likeness (QED) is 0.560. The molecule has 9 nitrogen and oxygen atoms in total. The highest BCUT2D eigenvalue weighted by molar-refractivity contribution is 5.76. The minimum Gasteiger partial charge on any atom is -0.473 e. The number of aryl methyl sites for hydroxylation is 1. The summed E-state index contributed by atoms with van der Waals surface area (Å²) in [5, 5.41) is 30.3. The molecule has 158 valence electrons. The minimum atomic E-state index is -0.449. The fourth-order valence-corrected chi connectivity index (χ4v) is 3.76. The monoisotopic (exact) mass is 417 g/mol. The van der Waals surface area contributed by atoms with Crippen LogP contribution in [-0.4, -0.2) is 44.1 Å². The topological polar surface area (TPSA) is 121 Å². The van der Waals surface area contributed by atoms with Crippen LogP contribution in [-0.2, 0) is 12.5 Å². The number of hydrogen-bond acceptors (Lipinski definition) is 8. The number of hydrogen-bond donors (Lipinski definition) is 3. The molecule has 1 saturated carbocycles. The van der Waals surface area contributed by atoms with Crippen molar-refractivity contribution >= 4 is 17.3 Å². The summed E-state index contributed by atoms with van der Waals surface area (Å²) in [7, 11) is 1.83. The maximum atomic E-state index is 9.92. The van der Waals surface area contributed by atoms with Gasteiger partial charge in [0, 0.05) is 30.8 Å². The number of fused-ring (bicyclic) bond motifs is 1. The van der Waals surface area contributed by atoms with Crippen LogP contribution in [0.4, 0.5) is 17.3 Å². The Kier molecular flexibility index (Phi) is 4.52. The molecule has 1 aliphatic heterocycles. The van der Waals surface area contributed by atoms with Crippen LogP contribution in [0, 0.1) is 11.3 Å². The number of nitriles is 1. The van der Waals surface area contributed by atoms with E-state index in [1.54, 1.807) is 23.1 Å². The first kappa shape index (κ1) is 19.3. The van der Waals surface area contributed by atoms with E-state index in [9.17, 15) is 10.4 Å². The number of nitrogens with one attached hydrogen (secondary N) is 2. The van der Waals surface area contributed by atoms with Crippen LogP contribution >= 0.6 is 0 Å². The van der Waals surface area contributed by atoms with Gasteiger partial charge in [0.25, 0.3) is 0 Å². The molecule has 0 amide bonds. The molecule has 0 saturated heterocycles. The number of rotatable bonds is 6. The SMILES string of the molecule is Cn1ncc(Nc2nccc(-c3cc(C#N)c4c(c3)[C@@](C)(CO)CN4)n2)c1OC1CC1. The molecule has 1 aromatic carbocycles. The molecule has 9 heteroatoms. The molecule has 0 radical (unpaired) electrons. The molecule has 0 bridgehead atoms. The number of aliphatic hydroxyl groups is 1. The van der Waals surface area contributed by atoms with Crippen molar-refractivity contribution in [2.24, 2.45) is 7.05 Å². The first-order valence-electron chi connectivity index (χ1n) is 10.2. The molecule has 3 aromatic rings. The zero-order valence-corrected chi connectivity index (χ0v) is 17.4. The summed E-state index contributed by atoms with van der Waals surface area (Å²) in [6.45, 7) is 2.55. The zero-order chi connectivity index (χ0) is 21.6. The molecular formula is C22H23N7O2. The van der Waals surface area contributed by atoms with E-state index in [-0.39, 0.29) is 12.7 Å². The van der Waals surface area contributed by atoms with Gasteiger partial charge in [0.1, 0.15) is 17.9 Å². The van der Waals surface area contributed by atoms with Crippen molar-refractivity contribution in [3.63, 3.8) is 0 Å². The van der Waals surface area contributed by atoms with Gasteiger partial charge in [-0.15, -0.1) is 0 Å². The second kappa shape index (κ2) is 7.25. The third kappa shape index (κ3) is 3.45. The number of aliphatic hydroxyl groups excluding tert-OH is 1. The zero-order valence-electron chi connectivity index (χ0n) is 17.4. The summed E-state index contributed by atoms with van der Waals surface area (Å²) in [5.41, 5.74) is 3.97. The van der Waals surface area contributed by atoms with Gasteiger partial charge in [0.15, 0.2) is 0 Å². The van der Waals surface area contributed by atoms with Gasteiger partial charge in [-0.2, -0.15) is 10.4 Å². The summed E-state index contributed by atoms with van der Waals surface area (Å²) >= 11 is 0. The van der Waals surface area contributed by atoms with Crippen LogP contribution in [0.15, 0.2) is 30.6 Å². The molecule has 2 aromatic heterocycles. The van der Waals surface area contributed by atoms with Gasteiger partial charge in [-0.25, -0.2) is 14.6 Å². The first-order valence-corrected chi connectivity index (χ1v) is 10.2. The summed E-state index contributed by atoms with van der Waals surface area (Å²) < 4.78 is 7.63. The highest BCUT2D eigenvalue weighted by atomic mass is 16.5. The van der Waals surface area contributed by atoms with Crippen molar-refractivity contribution < 1.29 is 9.84 Å². The van der Waals surface area contributed by atoms with Crippen LogP contribution < -0.4 is 15.4 Å². The maximum Gasteiger partial charge on any atom is 0.236 e. The Labute approximate surface area is 179 Å². The van der Waals surface area contributed by atoms with Gasteiger partial charge in [0.2, 0.25) is 11.8 Å². The van der Waals surface area contributed by atoms with Crippen molar-refractivity contribution in [2.45, 2.75) is 31.3 Å². The molecule has 0 unspecified atom stereocenters. The smallest absolute Gasteiger partial charge is 0.236 e. The van der Waals surface area contributed by atoms with Crippen LogP contribution in [0.1, 0.15) is 30.9 Å². The fraction of sp³-hybridized carbons (Fsp3) is 0.364. The summed E-state index contributed by atoms with van der Waals surface area (Å²) in [4.78, 5) is 8.98. The van der Waals surface area contributed by atoms with E-state index in [1.807, 2.05) is 26.1 Å². The van der Waals surface area contributed by atoms with Gasteiger partial charge >= 0.3 is 0 Å². The largest absolute Gasteiger partial charge is 0.473 e. The summed E-state index contributed by atoms with van der Waals surface area (Å²) in [5.74, 6) is 1.07. The molecular weight excluding hydrogens is 394 g/mol. The van der Waals surface area contributed by atoms with E-state index < -0.39 is 5.41 Å². The second-order valence-corrected chi connectivity index (χ2v) is 8.33. The molecule has 5 rings (SSSR count). The van der Waals surface area contributed by atoms with Crippen molar-refractivity contribution in [3.8, 4) is 23.2 Å². The Hall–Kier alpha value is -3.64. The van der Waals surface area contributed by atoms with Gasteiger partial charge in [-0.1, -0.05) is 6.92 Å². The van der Waals surface area contributed by atoms with Gasteiger partial charge in [-0.05, 0) is 36.6 Å². The first-order chi connectivity index (χ1) is 15.0. The van der Waals surface area contributed by atoms with Gasteiger partial charge in [0.05, 0.1) is 29.7 Å². The Bertz CT molecular complexity index is 1200. The number of anilines is 3. The van der Waals surface area contributed by atoms with Crippen molar-refractivity contribution in [2.75, 3.05) is 23.8 Å². The number of ether oxygens (including phenoxy) is 1. The third-order valence-electron chi connectivity index (χ3n) is 5.80. The van der Waals surface area contributed by atoms with E-state index in [4.69, 9.17) is 4.74 Å². The van der Waals surface area contributed by atoms with E-state index >= 15 is 0 Å². The lowest BCUT2D eigenvalue weighted by Crippen LogP contribution is -2.28. The second-order valence-electron chi connectivity index (χ2n) is 8.33. The molecule has 3 heterocycles. The van der Waals surface area contributed by atoms with E-state index in [0.29, 0.717) is 35.3 Å². The molecule has 3 N–H and O–H groups in total.